The molecule has 0 aliphatic carbocycles. The second-order valence-electron chi connectivity index (χ2n) is 3.96. The van der Waals surface area contributed by atoms with Crippen LogP contribution in [0.5, 0.6) is 0 Å². The van der Waals surface area contributed by atoms with Crippen molar-refractivity contribution in [2.24, 2.45) is 0 Å². The molecule has 0 radical (unpaired) electrons. The molecule has 3 rings (SSSR count). The number of hydrogen-bond acceptors (Lipinski definition) is 5. The zero-order chi connectivity index (χ0) is 13.9. The van der Waals surface area contributed by atoms with Crippen LogP contribution in [0.1, 0.15) is 11.4 Å². The number of benzene rings is 1. The van der Waals surface area contributed by atoms with Gasteiger partial charge in [-0.3, -0.25) is 0 Å². The lowest BCUT2D eigenvalue weighted by Gasteiger charge is -2.05. The molecule has 1 aromatic carbocycles. The Morgan fingerprint density at radius 1 is 1.35 bits per heavy atom. The van der Waals surface area contributed by atoms with E-state index in [-0.39, 0.29) is 18.2 Å². The van der Waals surface area contributed by atoms with Gasteiger partial charge in [0.05, 0.1) is 6.54 Å². The van der Waals surface area contributed by atoms with E-state index in [9.17, 15) is 4.39 Å². The fourth-order valence-corrected chi connectivity index (χ4v) is 2.41. The van der Waals surface area contributed by atoms with E-state index in [2.05, 4.69) is 15.1 Å². The lowest BCUT2D eigenvalue weighted by atomic mass is 10.2. The first kappa shape index (κ1) is 12.4. The molecule has 0 saturated carbocycles. The van der Waals surface area contributed by atoms with Gasteiger partial charge in [0, 0.05) is 17.1 Å². The van der Waals surface area contributed by atoms with Gasteiger partial charge in [-0.25, -0.2) is 14.1 Å². The topological polar surface area (TPSA) is 67.4 Å². The molecule has 0 aliphatic heterocycles. The first-order valence-corrected chi connectivity index (χ1v) is 6.64. The minimum Gasteiger partial charge on any atom is -0.241 e. The molecule has 3 aromatic rings. The van der Waals surface area contributed by atoms with Gasteiger partial charge in [0.15, 0.2) is 10.8 Å². The van der Waals surface area contributed by atoms with Crippen LogP contribution < -0.4 is 0 Å². The van der Waals surface area contributed by atoms with E-state index in [1.165, 1.54) is 22.1 Å². The molecule has 0 N–H and O–H groups in total. The minimum atomic E-state index is -0.313. The lowest BCUT2D eigenvalue weighted by molar-refractivity contribution is 0.586. The van der Waals surface area contributed by atoms with Crippen LogP contribution in [0.4, 0.5) is 4.39 Å². The molecule has 0 fully saturated rings. The molecule has 5 nitrogen and oxygen atoms in total. The summed E-state index contributed by atoms with van der Waals surface area (Å²) in [7, 11) is 0. The van der Waals surface area contributed by atoms with E-state index >= 15 is 0 Å². The van der Waals surface area contributed by atoms with Crippen LogP contribution in [-0.4, -0.2) is 19.7 Å². The Kier molecular flexibility index (Phi) is 3.23. The number of nitriles is 1. The summed E-state index contributed by atoms with van der Waals surface area (Å²) in [6.45, 7) is 0.205. The van der Waals surface area contributed by atoms with Crippen LogP contribution >= 0.6 is 11.3 Å². The molecular formula is C13H8FN5S. The molecule has 2 heterocycles. The zero-order valence-electron chi connectivity index (χ0n) is 10.2. The SMILES string of the molecule is N#Cc1nc(-c2nccs2)n(Cc2ccccc2F)n1. The highest BCUT2D eigenvalue weighted by atomic mass is 32.1. The van der Waals surface area contributed by atoms with Crippen molar-refractivity contribution in [2.75, 3.05) is 0 Å². The van der Waals surface area contributed by atoms with Crippen LogP contribution in [0.2, 0.25) is 0 Å². The van der Waals surface area contributed by atoms with Gasteiger partial charge in [0.25, 0.3) is 5.82 Å². The van der Waals surface area contributed by atoms with Crippen molar-refractivity contribution in [3.8, 4) is 16.9 Å². The minimum absolute atomic E-state index is 0.0477. The lowest BCUT2D eigenvalue weighted by Crippen LogP contribution is -2.05. The normalized spacial score (nSPS) is 10.4. The summed E-state index contributed by atoms with van der Waals surface area (Å²) >= 11 is 1.39. The highest BCUT2D eigenvalue weighted by Crippen LogP contribution is 2.21. The van der Waals surface area contributed by atoms with Crippen LogP contribution in [0.15, 0.2) is 35.8 Å². The van der Waals surface area contributed by atoms with Gasteiger partial charge in [0.1, 0.15) is 11.9 Å². The Hall–Kier alpha value is -2.59. The van der Waals surface area contributed by atoms with Crippen molar-refractivity contribution in [3.05, 3.63) is 53.0 Å². The molecule has 0 bridgehead atoms. The summed E-state index contributed by atoms with van der Waals surface area (Å²) in [5.74, 6) is 0.206. The van der Waals surface area contributed by atoms with E-state index in [1.807, 2.05) is 11.4 Å². The van der Waals surface area contributed by atoms with Crippen molar-refractivity contribution in [1.82, 2.24) is 19.7 Å². The summed E-state index contributed by atoms with van der Waals surface area (Å²) in [6.07, 6.45) is 1.65. The van der Waals surface area contributed by atoms with E-state index in [4.69, 9.17) is 5.26 Å². The number of aromatic nitrogens is 4. The van der Waals surface area contributed by atoms with E-state index < -0.39 is 0 Å². The van der Waals surface area contributed by atoms with E-state index in [0.717, 1.165) is 0 Å². The van der Waals surface area contributed by atoms with Crippen LogP contribution in [0, 0.1) is 17.1 Å². The first-order chi connectivity index (χ1) is 9.78. The van der Waals surface area contributed by atoms with Crippen molar-refractivity contribution in [2.45, 2.75) is 6.54 Å². The zero-order valence-corrected chi connectivity index (χ0v) is 11.0. The van der Waals surface area contributed by atoms with Gasteiger partial charge in [-0.15, -0.1) is 16.4 Å². The molecule has 0 unspecified atom stereocenters. The van der Waals surface area contributed by atoms with Crippen LogP contribution in [0.25, 0.3) is 10.8 Å². The molecule has 7 heteroatoms. The summed E-state index contributed by atoms with van der Waals surface area (Å²) in [5, 5.41) is 15.4. The Morgan fingerprint density at radius 2 is 2.20 bits per heavy atom. The number of rotatable bonds is 3. The Labute approximate surface area is 118 Å². The number of nitrogens with zero attached hydrogens (tertiary/aromatic N) is 5. The predicted octanol–water partition coefficient (Wildman–Crippen LogP) is 2.46. The van der Waals surface area contributed by atoms with Crippen LogP contribution in [0.3, 0.4) is 0 Å². The average molecular weight is 285 g/mol. The second kappa shape index (κ2) is 5.19. The van der Waals surface area contributed by atoms with Gasteiger partial charge < -0.3 is 0 Å². The van der Waals surface area contributed by atoms with Crippen molar-refractivity contribution in [1.29, 1.82) is 5.26 Å². The Morgan fingerprint density at radius 3 is 2.90 bits per heavy atom. The second-order valence-corrected chi connectivity index (χ2v) is 4.85. The van der Waals surface area contributed by atoms with Gasteiger partial charge >= 0.3 is 0 Å². The smallest absolute Gasteiger partial charge is 0.241 e. The monoisotopic (exact) mass is 285 g/mol. The molecule has 20 heavy (non-hydrogen) atoms. The molecule has 0 spiro atoms. The molecule has 0 amide bonds. The largest absolute Gasteiger partial charge is 0.252 e. The summed E-state index contributed by atoms with van der Waals surface area (Å²) in [6, 6.07) is 8.34. The highest BCUT2D eigenvalue weighted by Gasteiger charge is 2.15. The maximum absolute atomic E-state index is 13.7. The van der Waals surface area contributed by atoms with Gasteiger partial charge in [-0.05, 0) is 6.07 Å². The molecule has 98 valence electrons. The molecule has 2 aromatic heterocycles. The Bertz CT molecular complexity index is 772. The summed E-state index contributed by atoms with van der Waals surface area (Å²) < 4.78 is 15.2. The summed E-state index contributed by atoms with van der Waals surface area (Å²) in [4.78, 5) is 8.26. The number of hydrogen-bond donors (Lipinski definition) is 0. The third-order valence-corrected chi connectivity index (χ3v) is 3.44. The quantitative estimate of drug-likeness (QED) is 0.741. The fourth-order valence-electron chi connectivity index (χ4n) is 1.78. The molecule has 0 saturated heterocycles. The maximum Gasteiger partial charge on any atom is 0.252 e. The average Bonchev–Trinajstić information content (AvgIpc) is 3.10. The third kappa shape index (κ3) is 2.29. The molecular weight excluding hydrogens is 277 g/mol. The van der Waals surface area contributed by atoms with E-state index in [1.54, 1.807) is 24.4 Å². The van der Waals surface area contributed by atoms with Crippen molar-refractivity contribution >= 4 is 11.3 Å². The predicted molar refractivity (Wildman–Crippen MR) is 71.3 cm³/mol. The van der Waals surface area contributed by atoms with E-state index in [0.29, 0.717) is 16.4 Å². The number of thiazole rings is 1. The Balaban J connectivity index is 2.04. The standard InChI is InChI=1S/C13H8FN5S/c14-10-4-2-1-3-9(10)8-19-12(13-16-5-6-20-13)17-11(7-15)18-19/h1-6H,8H2. The highest BCUT2D eigenvalue weighted by molar-refractivity contribution is 7.13. The number of halogens is 1. The van der Waals surface area contributed by atoms with Gasteiger partial charge in [0.2, 0.25) is 0 Å². The summed E-state index contributed by atoms with van der Waals surface area (Å²) in [5.41, 5.74) is 0.486. The third-order valence-electron chi connectivity index (χ3n) is 2.67. The van der Waals surface area contributed by atoms with Gasteiger partial charge in [-0.2, -0.15) is 10.2 Å². The van der Waals surface area contributed by atoms with Gasteiger partial charge in [-0.1, -0.05) is 18.2 Å². The molecule has 0 atom stereocenters. The fraction of sp³-hybridized carbons (Fsp3) is 0.0769. The maximum atomic E-state index is 13.7. The van der Waals surface area contributed by atoms with Crippen molar-refractivity contribution in [3.63, 3.8) is 0 Å². The van der Waals surface area contributed by atoms with Crippen molar-refractivity contribution < 1.29 is 4.39 Å². The van der Waals surface area contributed by atoms with Crippen LogP contribution in [-0.2, 0) is 6.54 Å². The first-order valence-electron chi connectivity index (χ1n) is 5.76. The molecule has 0 aliphatic rings.